The highest BCUT2D eigenvalue weighted by Crippen LogP contribution is 2.17. The van der Waals surface area contributed by atoms with Crippen molar-refractivity contribution in [1.29, 1.82) is 0 Å². The Bertz CT molecular complexity index is 460. The highest BCUT2D eigenvalue weighted by atomic mass is 16.5. The van der Waals surface area contributed by atoms with E-state index >= 15 is 0 Å². The summed E-state index contributed by atoms with van der Waals surface area (Å²) >= 11 is 0. The molecule has 5 nitrogen and oxygen atoms in total. The van der Waals surface area contributed by atoms with Crippen molar-refractivity contribution in [3.8, 4) is 0 Å². The van der Waals surface area contributed by atoms with Crippen LogP contribution in [-0.2, 0) is 25.6 Å². The van der Waals surface area contributed by atoms with Gasteiger partial charge in [-0.1, -0.05) is 30.3 Å². The van der Waals surface area contributed by atoms with Gasteiger partial charge in [0.15, 0.2) is 0 Å². The van der Waals surface area contributed by atoms with E-state index < -0.39 is 0 Å². The van der Waals surface area contributed by atoms with E-state index in [9.17, 15) is 9.59 Å². The summed E-state index contributed by atoms with van der Waals surface area (Å²) in [6.07, 6.45) is 0.326. The van der Waals surface area contributed by atoms with Crippen molar-refractivity contribution < 1.29 is 19.1 Å². The Kier molecular flexibility index (Phi) is 5.12. The molecule has 0 aliphatic carbocycles. The molecule has 0 radical (unpaired) electrons. The lowest BCUT2D eigenvalue weighted by Crippen LogP contribution is -2.39. The van der Waals surface area contributed by atoms with Gasteiger partial charge in [0.1, 0.15) is 6.61 Å². The summed E-state index contributed by atoms with van der Waals surface area (Å²) in [4.78, 5) is 24.9. The number of nitrogens with zero attached hydrogens (tertiary/aromatic N) is 1. The molecule has 0 bridgehead atoms. The lowest BCUT2D eigenvalue weighted by Gasteiger charge is -2.25. The van der Waals surface area contributed by atoms with E-state index in [0.29, 0.717) is 26.2 Å². The Morgan fingerprint density at radius 3 is 2.75 bits per heavy atom. The summed E-state index contributed by atoms with van der Waals surface area (Å²) in [5.41, 5.74) is 1.09. The normalized spacial score (nSPS) is 18.1. The van der Waals surface area contributed by atoms with Crippen LogP contribution in [0.2, 0.25) is 0 Å². The van der Waals surface area contributed by atoms with Crippen LogP contribution < -0.4 is 0 Å². The molecule has 5 heteroatoms. The van der Waals surface area contributed by atoms with Gasteiger partial charge in [-0.2, -0.15) is 0 Å². The molecule has 0 amide bonds. The smallest absolute Gasteiger partial charge is 0.320 e. The molecular formula is C15H19NO4. The van der Waals surface area contributed by atoms with Crippen LogP contribution in [0.5, 0.6) is 0 Å². The lowest BCUT2D eigenvalue weighted by molar-refractivity contribution is -0.145. The fourth-order valence-electron chi connectivity index (χ4n) is 2.24. The summed E-state index contributed by atoms with van der Waals surface area (Å²) in [5, 5.41) is 0. The van der Waals surface area contributed by atoms with Crippen molar-refractivity contribution in [3.05, 3.63) is 35.9 Å². The fourth-order valence-corrected chi connectivity index (χ4v) is 2.24. The molecule has 1 aliphatic heterocycles. The van der Waals surface area contributed by atoms with Gasteiger partial charge in [-0.05, 0) is 12.5 Å². The molecule has 20 heavy (non-hydrogen) atoms. The molecule has 1 fully saturated rings. The molecule has 0 aromatic heterocycles. The summed E-state index contributed by atoms with van der Waals surface area (Å²) in [6.45, 7) is 3.25. The van der Waals surface area contributed by atoms with Gasteiger partial charge < -0.3 is 9.47 Å². The number of rotatable bonds is 6. The van der Waals surface area contributed by atoms with Gasteiger partial charge in [-0.25, -0.2) is 0 Å². The Balaban J connectivity index is 2.03. The number of carbonyl (C=O) groups is 2. The Morgan fingerprint density at radius 1 is 1.40 bits per heavy atom. The molecule has 1 aliphatic rings. The molecule has 1 saturated heterocycles. The van der Waals surface area contributed by atoms with Crippen molar-refractivity contribution in [2.75, 3.05) is 19.8 Å². The maximum atomic E-state index is 11.7. The maximum Gasteiger partial charge on any atom is 0.320 e. The van der Waals surface area contributed by atoms with Gasteiger partial charge in [0, 0.05) is 6.54 Å². The zero-order valence-electron chi connectivity index (χ0n) is 11.6. The molecule has 0 N–H and O–H groups in total. The first-order chi connectivity index (χ1) is 9.69. The number of hydrogen-bond donors (Lipinski definition) is 0. The first kappa shape index (κ1) is 14.5. The third-order valence-corrected chi connectivity index (χ3v) is 3.22. The minimum atomic E-state index is -0.275. The summed E-state index contributed by atoms with van der Waals surface area (Å²) < 4.78 is 9.98. The summed E-state index contributed by atoms with van der Waals surface area (Å²) in [5.74, 6) is -0.486. The first-order valence-corrected chi connectivity index (χ1v) is 6.78. The quantitative estimate of drug-likeness (QED) is 0.735. The monoisotopic (exact) mass is 277 g/mol. The second kappa shape index (κ2) is 7.05. The van der Waals surface area contributed by atoms with E-state index in [1.807, 2.05) is 35.2 Å². The lowest BCUT2D eigenvalue weighted by atomic mass is 10.1. The van der Waals surface area contributed by atoms with Crippen molar-refractivity contribution in [1.82, 2.24) is 4.90 Å². The average molecular weight is 277 g/mol. The van der Waals surface area contributed by atoms with E-state index in [1.165, 1.54) is 0 Å². The molecule has 0 spiro atoms. The highest BCUT2D eigenvalue weighted by Gasteiger charge is 2.30. The van der Waals surface area contributed by atoms with Crippen LogP contribution in [0.1, 0.15) is 18.9 Å². The van der Waals surface area contributed by atoms with Crippen LogP contribution in [0.3, 0.4) is 0 Å². The maximum absolute atomic E-state index is 11.7. The second-order valence-corrected chi connectivity index (χ2v) is 4.74. The number of esters is 2. The number of benzene rings is 1. The van der Waals surface area contributed by atoms with E-state index in [4.69, 9.17) is 9.47 Å². The Labute approximate surface area is 118 Å². The zero-order chi connectivity index (χ0) is 14.4. The van der Waals surface area contributed by atoms with Gasteiger partial charge >= 0.3 is 11.9 Å². The zero-order valence-corrected chi connectivity index (χ0v) is 11.6. The fraction of sp³-hybridized carbons (Fsp3) is 0.467. The number of hydrogen-bond acceptors (Lipinski definition) is 5. The second-order valence-electron chi connectivity index (χ2n) is 4.74. The molecule has 108 valence electrons. The van der Waals surface area contributed by atoms with E-state index in [1.54, 1.807) is 6.92 Å². The predicted octanol–water partition coefficient (Wildman–Crippen LogP) is 1.37. The van der Waals surface area contributed by atoms with Gasteiger partial charge in [0.2, 0.25) is 0 Å². The van der Waals surface area contributed by atoms with Crippen molar-refractivity contribution in [3.63, 3.8) is 0 Å². The molecule has 2 rings (SSSR count). The molecular weight excluding hydrogens is 258 g/mol. The van der Waals surface area contributed by atoms with Gasteiger partial charge in [-0.15, -0.1) is 0 Å². The van der Waals surface area contributed by atoms with Crippen LogP contribution in [0.15, 0.2) is 30.3 Å². The Morgan fingerprint density at radius 2 is 2.15 bits per heavy atom. The van der Waals surface area contributed by atoms with Gasteiger partial charge in [0.05, 0.1) is 25.6 Å². The van der Waals surface area contributed by atoms with Crippen LogP contribution >= 0.6 is 0 Å². The van der Waals surface area contributed by atoms with Gasteiger partial charge in [-0.3, -0.25) is 14.5 Å². The van der Waals surface area contributed by atoms with E-state index in [0.717, 1.165) is 5.56 Å². The minimum Gasteiger partial charge on any atom is -0.465 e. The molecule has 1 aromatic carbocycles. The molecule has 0 unspecified atom stereocenters. The van der Waals surface area contributed by atoms with Crippen LogP contribution in [0.4, 0.5) is 0 Å². The van der Waals surface area contributed by atoms with Crippen molar-refractivity contribution >= 4 is 11.9 Å². The predicted molar refractivity (Wildman–Crippen MR) is 72.8 cm³/mol. The molecule has 0 saturated carbocycles. The highest BCUT2D eigenvalue weighted by molar-refractivity contribution is 5.73. The Hall–Kier alpha value is -1.88. The first-order valence-electron chi connectivity index (χ1n) is 6.78. The van der Waals surface area contributed by atoms with Crippen molar-refractivity contribution in [2.45, 2.75) is 25.9 Å². The van der Waals surface area contributed by atoms with E-state index in [2.05, 4.69) is 0 Å². The minimum absolute atomic E-state index is 0.0629. The SMILES string of the molecule is CCOC(=O)CN(Cc1ccccc1)[C@H]1COC(=O)C1. The van der Waals surface area contributed by atoms with E-state index in [-0.39, 0.29) is 24.5 Å². The van der Waals surface area contributed by atoms with Crippen LogP contribution in [0, 0.1) is 0 Å². The van der Waals surface area contributed by atoms with Crippen molar-refractivity contribution in [2.24, 2.45) is 0 Å². The number of carbonyl (C=O) groups excluding carboxylic acids is 2. The molecule has 1 atom stereocenters. The number of ether oxygens (including phenoxy) is 2. The summed E-state index contributed by atoms with van der Waals surface area (Å²) in [6, 6.07) is 9.78. The molecule has 1 aromatic rings. The van der Waals surface area contributed by atoms with Crippen LogP contribution in [-0.4, -0.2) is 42.6 Å². The molecule has 1 heterocycles. The largest absolute Gasteiger partial charge is 0.465 e. The van der Waals surface area contributed by atoms with Gasteiger partial charge in [0.25, 0.3) is 0 Å². The van der Waals surface area contributed by atoms with Crippen LogP contribution in [0.25, 0.3) is 0 Å². The average Bonchev–Trinajstić information content (AvgIpc) is 2.86. The summed E-state index contributed by atoms with van der Waals surface area (Å²) in [7, 11) is 0. The third-order valence-electron chi connectivity index (χ3n) is 3.22. The topological polar surface area (TPSA) is 55.8 Å². The third kappa shape index (κ3) is 4.06. The standard InChI is InChI=1S/C15H19NO4/c1-2-19-15(18)10-16(13-8-14(17)20-11-13)9-12-6-4-3-5-7-12/h3-7,13H,2,8-11H2,1H3/t13-/m1/s1. The number of cyclic esters (lactones) is 1.